The monoisotopic (exact) mass is 292 g/mol. The summed E-state index contributed by atoms with van der Waals surface area (Å²) >= 11 is 0. The Kier molecular flexibility index (Phi) is 12.8. The van der Waals surface area contributed by atoms with Crippen molar-refractivity contribution in [1.82, 2.24) is 0 Å². The summed E-state index contributed by atoms with van der Waals surface area (Å²) in [4.78, 5) is 0. The molecule has 0 bridgehead atoms. The van der Waals surface area contributed by atoms with Gasteiger partial charge in [-0.05, 0) is 32.1 Å². The smallest absolute Gasteiger partial charge is 0.0466 e. The van der Waals surface area contributed by atoms with Gasteiger partial charge in [0.1, 0.15) is 0 Å². The molecule has 0 aromatic heterocycles. The zero-order chi connectivity index (χ0) is 15.0. The number of hydrogen-bond acceptors (Lipinski definition) is 1. The largest absolute Gasteiger partial charge is 0.381 e. The Hall–Kier alpha value is -0.480. The summed E-state index contributed by atoms with van der Waals surface area (Å²) in [5.41, 5.74) is 0. The normalized spacial score (nSPS) is 14.0. The summed E-state index contributed by atoms with van der Waals surface area (Å²) in [7, 11) is 0. The first kappa shape index (κ1) is 18.6. The van der Waals surface area contributed by atoms with Gasteiger partial charge in [-0.25, -0.2) is 0 Å². The molecular weight excluding hydrogens is 256 g/mol. The van der Waals surface area contributed by atoms with Crippen LogP contribution in [0, 0.1) is 17.8 Å². The van der Waals surface area contributed by atoms with Crippen molar-refractivity contribution in [2.45, 2.75) is 96.8 Å². The molecule has 0 aromatic rings. The number of hydrogen-bond donors (Lipinski definition) is 0. The van der Waals surface area contributed by atoms with Gasteiger partial charge in [-0.1, -0.05) is 64.2 Å². The Morgan fingerprint density at radius 2 is 1.33 bits per heavy atom. The molecule has 0 saturated heterocycles. The molecular formula is C20H36O. The average Bonchev–Trinajstić information content (AvgIpc) is 3.31. The van der Waals surface area contributed by atoms with E-state index in [9.17, 15) is 0 Å². The molecule has 0 atom stereocenters. The minimum atomic E-state index is 0.781. The van der Waals surface area contributed by atoms with Crippen LogP contribution in [0.2, 0.25) is 0 Å². The van der Waals surface area contributed by atoms with Gasteiger partial charge in [-0.3, -0.25) is 0 Å². The molecule has 1 fully saturated rings. The molecule has 0 amide bonds. The lowest BCUT2D eigenvalue weighted by Gasteiger charge is -2.03. The topological polar surface area (TPSA) is 9.23 Å². The van der Waals surface area contributed by atoms with E-state index in [1.165, 1.54) is 77.0 Å². The first-order valence-electron chi connectivity index (χ1n) is 9.49. The molecule has 1 rings (SSSR count). The number of ether oxygens (including phenoxy) is 1. The van der Waals surface area contributed by atoms with Gasteiger partial charge in [0.2, 0.25) is 0 Å². The zero-order valence-electron chi connectivity index (χ0n) is 14.3. The lowest BCUT2D eigenvalue weighted by atomic mass is 10.1. The van der Waals surface area contributed by atoms with Crippen molar-refractivity contribution in [2.24, 2.45) is 5.92 Å². The molecule has 1 heteroatoms. The lowest BCUT2D eigenvalue weighted by molar-refractivity contribution is 0.130. The SMILES string of the molecule is CCCOCCCCCCCCCCCCC#CC1CC1. The van der Waals surface area contributed by atoms with E-state index in [0.29, 0.717) is 0 Å². The summed E-state index contributed by atoms with van der Waals surface area (Å²) < 4.78 is 5.49. The van der Waals surface area contributed by atoms with Crippen molar-refractivity contribution < 1.29 is 4.74 Å². The van der Waals surface area contributed by atoms with E-state index in [0.717, 1.165) is 32.0 Å². The van der Waals surface area contributed by atoms with Crippen LogP contribution in [0.25, 0.3) is 0 Å². The van der Waals surface area contributed by atoms with Crippen molar-refractivity contribution in [2.75, 3.05) is 13.2 Å². The van der Waals surface area contributed by atoms with E-state index in [1.807, 2.05) is 0 Å². The fraction of sp³-hybridized carbons (Fsp3) is 0.900. The molecule has 0 radical (unpaired) electrons. The van der Waals surface area contributed by atoms with Crippen LogP contribution in [0.15, 0.2) is 0 Å². The highest BCUT2D eigenvalue weighted by molar-refractivity contribution is 5.08. The molecule has 0 unspecified atom stereocenters. The van der Waals surface area contributed by atoms with Crippen LogP contribution in [0.4, 0.5) is 0 Å². The van der Waals surface area contributed by atoms with Gasteiger partial charge in [0, 0.05) is 25.6 Å². The first-order chi connectivity index (χ1) is 10.4. The predicted molar refractivity (Wildman–Crippen MR) is 92.4 cm³/mol. The van der Waals surface area contributed by atoms with Gasteiger partial charge < -0.3 is 4.74 Å². The van der Waals surface area contributed by atoms with Gasteiger partial charge in [0.05, 0.1) is 0 Å². The Labute approximate surface area is 133 Å². The standard InChI is InChI=1S/C20H36O/c1-2-18-21-19-14-12-10-8-6-4-3-5-7-9-11-13-15-20-16-17-20/h20H,2-12,14,16-19H2,1H3. The first-order valence-corrected chi connectivity index (χ1v) is 9.49. The Morgan fingerprint density at radius 1 is 0.762 bits per heavy atom. The van der Waals surface area contributed by atoms with Crippen LogP contribution >= 0.6 is 0 Å². The van der Waals surface area contributed by atoms with Gasteiger partial charge in [-0.2, -0.15) is 0 Å². The predicted octanol–water partition coefficient (Wildman–Crippen LogP) is 6.12. The van der Waals surface area contributed by atoms with E-state index < -0.39 is 0 Å². The highest BCUT2D eigenvalue weighted by Gasteiger charge is 2.17. The third-order valence-electron chi connectivity index (χ3n) is 4.07. The van der Waals surface area contributed by atoms with Crippen molar-refractivity contribution in [3.8, 4) is 11.8 Å². The number of rotatable bonds is 14. The van der Waals surface area contributed by atoms with Crippen molar-refractivity contribution in [3.63, 3.8) is 0 Å². The maximum atomic E-state index is 5.49. The Morgan fingerprint density at radius 3 is 1.90 bits per heavy atom. The minimum absolute atomic E-state index is 0.781. The second-order valence-corrected chi connectivity index (χ2v) is 6.49. The summed E-state index contributed by atoms with van der Waals surface area (Å²) in [6.07, 6.45) is 18.8. The Bertz CT molecular complexity index is 269. The fourth-order valence-corrected chi connectivity index (χ4v) is 2.52. The van der Waals surface area contributed by atoms with Crippen LogP contribution in [-0.2, 0) is 4.74 Å². The van der Waals surface area contributed by atoms with Crippen LogP contribution < -0.4 is 0 Å². The van der Waals surface area contributed by atoms with Gasteiger partial charge >= 0.3 is 0 Å². The van der Waals surface area contributed by atoms with Gasteiger partial charge in [0.25, 0.3) is 0 Å². The summed E-state index contributed by atoms with van der Waals surface area (Å²) in [5.74, 6) is 7.46. The molecule has 1 nitrogen and oxygen atoms in total. The highest BCUT2D eigenvalue weighted by atomic mass is 16.5. The highest BCUT2D eigenvalue weighted by Crippen LogP contribution is 2.27. The van der Waals surface area contributed by atoms with Crippen molar-refractivity contribution >= 4 is 0 Å². The molecule has 1 saturated carbocycles. The van der Waals surface area contributed by atoms with Crippen molar-refractivity contribution in [1.29, 1.82) is 0 Å². The van der Waals surface area contributed by atoms with Gasteiger partial charge in [0.15, 0.2) is 0 Å². The van der Waals surface area contributed by atoms with Crippen LogP contribution in [-0.4, -0.2) is 13.2 Å². The molecule has 0 aromatic carbocycles. The van der Waals surface area contributed by atoms with E-state index in [-0.39, 0.29) is 0 Å². The second-order valence-electron chi connectivity index (χ2n) is 6.49. The van der Waals surface area contributed by atoms with Crippen LogP contribution in [0.5, 0.6) is 0 Å². The molecule has 0 heterocycles. The third kappa shape index (κ3) is 14.2. The van der Waals surface area contributed by atoms with E-state index in [4.69, 9.17) is 4.74 Å². The second kappa shape index (κ2) is 14.5. The average molecular weight is 293 g/mol. The van der Waals surface area contributed by atoms with Gasteiger partial charge in [-0.15, -0.1) is 5.92 Å². The maximum absolute atomic E-state index is 5.49. The number of unbranched alkanes of at least 4 members (excludes halogenated alkanes) is 10. The minimum Gasteiger partial charge on any atom is -0.381 e. The van der Waals surface area contributed by atoms with Crippen LogP contribution in [0.1, 0.15) is 96.8 Å². The lowest BCUT2D eigenvalue weighted by Crippen LogP contribution is -1.95. The molecule has 0 spiro atoms. The maximum Gasteiger partial charge on any atom is 0.0466 e. The molecule has 21 heavy (non-hydrogen) atoms. The summed E-state index contributed by atoms with van der Waals surface area (Å²) in [6.45, 7) is 4.07. The van der Waals surface area contributed by atoms with E-state index in [2.05, 4.69) is 18.8 Å². The van der Waals surface area contributed by atoms with E-state index in [1.54, 1.807) is 0 Å². The van der Waals surface area contributed by atoms with Crippen LogP contribution in [0.3, 0.4) is 0 Å². The molecule has 0 aliphatic heterocycles. The molecule has 1 aliphatic carbocycles. The molecule has 0 N–H and O–H groups in total. The fourth-order valence-electron chi connectivity index (χ4n) is 2.52. The quantitative estimate of drug-likeness (QED) is 0.277. The summed E-state index contributed by atoms with van der Waals surface area (Å²) in [6, 6.07) is 0. The molecule has 122 valence electrons. The van der Waals surface area contributed by atoms with Crippen molar-refractivity contribution in [3.05, 3.63) is 0 Å². The molecule has 1 aliphatic rings. The third-order valence-corrected chi connectivity index (χ3v) is 4.07. The Balaban J connectivity index is 1.64. The zero-order valence-corrected chi connectivity index (χ0v) is 14.3. The van der Waals surface area contributed by atoms with E-state index >= 15 is 0 Å². The summed E-state index contributed by atoms with van der Waals surface area (Å²) in [5, 5.41) is 0.